The third kappa shape index (κ3) is 6.14. The Bertz CT molecular complexity index is 1190. The molecule has 2 aromatic carbocycles. The molecule has 32 heavy (non-hydrogen) atoms. The van der Waals surface area contributed by atoms with Gasteiger partial charge in [-0.25, -0.2) is 13.4 Å². The minimum atomic E-state index is -3.33. The van der Waals surface area contributed by atoms with E-state index in [1.165, 1.54) is 29.6 Å². The number of rotatable bonds is 8. The molecular weight excluding hydrogens is 448 g/mol. The summed E-state index contributed by atoms with van der Waals surface area (Å²) < 4.78 is 24.5. The van der Waals surface area contributed by atoms with Crippen molar-refractivity contribution < 1.29 is 18.0 Å². The Labute approximate surface area is 191 Å². The van der Waals surface area contributed by atoms with E-state index < -0.39 is 16.1 Å². The van der Waals surface area contributed by atoms with Gasteiger partial charge in [-0.05, 0) is 17.7 Å². The number of amides is 2. The van der Waals surface area contributed by atoms with E-state index in [0.29, 0.717) is 16.5 Å². The van der Waals surface area contributed by atoms with Crippen LogP contribution in [0, 0.1) is 0 Å². The van der Waals surface area contributed by atoms with Gasteiger partial charge in [0.15, 0.2) is 5.13 Å². The number of hydrogen-bond acceptors (Lipinski definition) is 6. The molecule has 0 aliphatic heterocycles. The van der Waals surface area contributed by atoms with E-state index in [1.807, 2.05) is 35.7 Å². The van der Waals surface area contributed by atoms with Gasteiger partial charge < -0.3 is 10.6 Å². The van der Waals surface area contributed by atoms with Crippen LogP contribution in [0.2, 0.25) is 0 Å². The monoisotopic (exact) mass is 472 g/mol. The van der Waals surface area contributed by atoms with E-state index in [9.17, 15) is 18.0 Å². The van der Waals surface area contributed by atoms with E-state index in [4.69, 9.17) is 0 Å². The maximum atomic E-state index is 12.6. The number of thiazole rings is 1. The summed E-state index contributed by atoms with van der Waals surface area (Å²) in [4.78, 5) is 28.6. The molecule has 0 bridgehead atoms. The predicted molar refractivity (Wildman–Crippen MR) is 127 cm³/mol. The number of sulfonamides is 1. The lowest BCUT2D eigenvalue weighted by Gasteiger charge is -2.17. The fourth-order valence-corrected chi connectivity index (χ4v) is 4.28. The second kappa shape index (κ2) is 9.92. The van der Waals surface area contributed by atoms with Crippen molar-refractivity contribution in [3.8, 4) is 11.3 Å². The van der Waals surface area contributed by atoms with Gasteiger partial charge in [-0.3, -0.25) is 13.9 Å². The molecule has 2 N–H and O–H groups in total. The number of nitrogens with one attached hydrogen (secondary N) is 2. The summed E-state index contributed by atoms with van der Waals surface area (Å²) in [5, 5.41) is 7.84. The van der Waals surface area contributed by atoms with Gasteiger partial charge in [0, 0.05) is 24.9 Å². The average molecular weight is 473 g/mol. The molecule has 0 radical (unpaired) electrons. The van der Waals surface area contributed by atoms with Crippen LogP contribution in [0.4, 0.5) is 10.8 Å². The van der Waals surface area contributed by atoms with Gasteiger partial charge in [-0.2, -0.15) is 0 Å². The quantitative estimate of drug-likeness (QED) is 0.522. The zero-order chi connectivity index (χ0) is 23.3. The smallest absolute Gasteiger partial charge is 0.231 e. The highest BCUT2D eigenvalue weighted by Crippen LogP contribution is 2.27. The van der Waals surface area contributed by atoms with E-state index in [2.05, 4.69) is 15.6 Å². The van der Waals surface area contributed by atoms with Gasteiger partial charge in [-0.1, -0.05) is 42.5 Å². The molecule has 0 spiro atoms. The van der Waals surface area contributed by atoms with Crippen molar-refractivity contribution in [2.45, 2.75) is 19.4 Å². The third-order valence-corrected chi connectivity index (χ3v) is 6.71. The van der Waals surface area contributed by atoms with Crippen LogP contribution in [0.3, 0.4) is 0 Å². The van der Waals surface area contributed by atoms with Crippen molar-refractivity contribution >= 4 is 44.0 Å². The molecule has 0 fully saturated rings. The van der Waals surface area contributed by atoms with Crippen LogP contribution in [-0.2, 0) is 19.6 Å². The Hall–Kier alpha value is -3.24. The van der Waals surface area contributed by atoms with Crippen LogP contribution in [0.25, 0.3) is 11.3 Å². The number of benzene rings is 2. The molecule has 0 unspecified atom stereocenters. The van der Waals surface area contributed by atoms with E-state index in [-0.39, 0.29) is 18.2 Å². The van der Waals surface area contributed by atoms with Gasteiger partial charge in [0.25, 0.3) is 0 Å². The first-order valence-corrected chi connectivity index (χ1v) is 12.5. The maximum Gasteiger partial charge on any atom is 0.231 e. The minimum absolute atomic E-state index is 0.0744. The summed E-state index contributed by atoms with van der Waals surface area (Å²) in [5.41, 5.74) is 2.86. The average Bonchev–Trinajstić information content (AvgIpc) is 3.21. The van der Waals surface area contributed by atoms with E-state index in [1.54, 1.807) is 24.3 Å². The zero-order valence-electron chi connectivity index (χ0n) is 17.9. The highest BCUT2D eigenvalue weighted by Gasteiger charge is 2.18. The molecule has 3 aromatic rings. The predicted octanol–water partition coefficient (Wildman–Crippen LogP) is 3.41. The van der Waals surface area contributed by atoms with Crippen molar-refractivity contribution in [1.29, 1.82) is 0 Å². The lowest BCUT2D eigenvalue weighted by Crippen LogP contribution is -2.29. The summed E-state index contributed by atoms with van der Waals surface area (Å²) in [6, 6.07) is 15.8. The van der Waals surface area contributed by atoms with E-state index >= 15 is 0 Å². The van der Waals surface area contributed by atoms with E-state index in [0.717, 1.165) is 17.4 Å². The normalized spacial score (nSPS) is 12.1. The van der Waals surface area contributed by atoms with Crippen LogP contribution in [0.5, 0.6) is 0 Å². The summed E-state index contributed by atoms with van der Waals surface area (Å²) in [6.07, 6.45) is 1.22. The fraction of sp³-hybridized carbons (Fsp3) is 0.227. The van der Waals surface area contributed by atoms with Crippen molar-refractivity contribution in [2.75, 3.05) is 22.9 Å². The number of aromatic nitrogens is 1. The van der Waals surface area contributed by atoms with Gasteiger partial charge in [0.2, 0.25) is 21.8 Å². The topological polar surface area (TPSA) is 108 Å². The van der Waals surface area contributed by atoms with Crippen LogP contribution in [-0.4, -0.2) is 38.5 Å². The number of carbonyl (C=O) groups excluding carboxylic acids is 2. The van der Waals surface area contributed by atoms with Crippen LogP contribution < -0.4 is 14.9 Å². The number of anilines is 2. The lowest BCUT2D eigenvalue weighted by atomic mass is 10.0. The molecule has 0 saturated carbocycles. The zero-order valence-corrected chi connectivity index (χ0v) is 19.5. The van der Waals surface area contributed by atoms with Crippen molar-refractivity contribution in [3.05, 3.63) is 65.5 Å². The molecule has 1 heterocycles. The first-order valence-electron chi connectivity index (χ1n) is 9.75. The number of hydrogen-bond donors (Lipinski definition) is 2. The molecule has 0 saturated heterocycles. The Morgan fingerprint density at radius 3 is 2.34 bits per heavy atom. The van der Waals surface area contributed by atoms with Gasteiger partial charge in [0.05, 0.1) is 30.1 Å². The number of carbonyl (C=O) groups is 2. The standard InChI is InChI=1S/C22H24N4O4S2/c1-15(27)23-19(16-7-5-4-6-8-16)13-21(28)25-22-24-20(14-31-22)17-9-11-18(12-10-17)26(2)32(3,29)30/h4-12,14,19H,13H2,1-3H3,(H,23,27)(H,24,25,28)/t19-/m1/s1. The van der Waals surface area contributed by atoms with Crippen molar-refractivity contribution in [3.63, 3.8) is 0 Å². The Morgan fingerprint density at radius 1 is 1.09 bits per heavy atom. The van der Waals surface area contributed by atoms with Crippen molar-refractivity contribution in [1.82, 2.24) is 10.3 Å². The first-order chi connectivity index (χ1) is 15.1. The van der Waals surface area contributed by atoms with Crippen LogP contribution in [0.1, 0.15) is 24.9 Å². The summed E-state index contributed by atoms with van der Waals surface area (Å²) in [6.45, 7) is 1.42. The Balaban J connectivity index is 1.67. The van der Waals surface area contributed by atoms with Gasteiger partial charge in [-0.15, -0.1) is 11.3 Å². The molecule has 2 amide bonds. The third-order valence-electron chi connectivity index (χ3n) is 4.74. The molecule has 3 rings (SSSR count). The van der Waals surface area contributed by atoms with Crippen molar-refractivity contribution in [2.24, 2.45) is 0 Å². The van der Waals surface area contributed by atoms with Crippen LogP contribution >= 0.6 is 11.3 Å². The van der Waals surface area contributed by atoms with Gasteiger partial charge >= 0.3 is 0 Å². The Morgan fingerprint density at radius 2 is 1.75 bits per heavy atom. The summed E-state index contributed by atoms with van der Waals surface area (Å²) in [7, 11) is -1.84. The second-order valence-corrected chi connectivity index (χ2v) is 10.1. The molecule has 8 nitrogen and oxygen atoms in total. The summed E-state index contributed by atoms with van der Waals surface area (Å²) >= 11 is 1.29. The minimum Gasteiger partial charge on any atom is -0.349 e. The second-order valence-electron chi connectivity index (χ2n) is 7.23. The van der Waals surface area contributed by atoms with Gasteiger partial charge in [0.1, 0.15) is 0 Å². The molecule has 168 valence electrons. The fourth-order valence-electron chi connectivity index (χ4n) is 3.04. The maximum absolute atomic E-state index is 12.6. The molecular formula is C22H24N4O4S2. The number of nitrogens with zero attached hydrogens (tertiary/aromatic N) is 2. The molecule has 10 heteroatoms. The molecule has 1 aromatic heterocycles. The highest BCUT2D eigenvalue weighted by atomic mass is 32.2. The highest BCUT2D eigenvalue weighted by molar-refractivity contribution is 7.92. The molecule has 1 atom stereocenters. The van der Waals surface area contributed by atoms with Crippen LogP contribution in [0.15, 0.2) is 60.0 Å². The largest absolute Gasteiger partial charge is 0.349 e. The SMILES string of the molecule is CC(=O)N[C@H](CC(=O)Nc1nc(-c2ccc(N(C)S(C)(=O)=O)cc2)cs1)c1ccccc1. The lowest BCUT2D eigenvalue weighted by molar-refractivity contribution is -0.120. The first kappa shape index (κ1) is 23.4. The summed E-state index contributed by atoms with van der Waals surface area (Å²) in [5.74, 6) is -0.480. The Kier molecular flexibility index (Phi) is 7.26. The molecule has 0 aliphatic carbocycles. The molecule has 0 aliphatic rings.